The highest BCUT2D eigenvalue weighted by atomic mass is 32.1. The van der Waals surface area contributed by atoms with Gasteiger partial charge in [-0.2, -0.15) is 5.21 Å². The molecule has 0 radical (unpaired) electrons. The third kappa shape index (κ3) is 2.88. The van der Waals surface area contributed by atoms with Gasteiger partial charge in [0.25, 0.3) is 11.7 Å². The van der Waals surface area contributed by atoms with E-state index in [0.29, 0.717) is 0 Å². The van der Waals surface area contributed by atoms with Gasteiger partial charge in [0, 0.05) is 4.88 Å². The van der Waals surface area contributed by atoms with Crippen LogP contribution in [-0.2, 0) is 0 Å². The molecular formula is C10H13N5OS. The van der Waals surface area contributed by atoms with E-state index in [9.17, 15) is 4.79 Å². The molecule has 1 unspecified atom stereocenters. The van der Waals surface area contributed by atoms with Crippen molar-refractivity contribution in [3.8, 4) is 0 Å². The zero-order valence-corrected chi connectivity index (χ0v) is 10.2. The Labute approximate surface area is 102 Å². The van der Waals surface area contributed by atoms with Crippen LogP contribution in [0.15, 0.2) is 17.5 Å². The number of nitrogens with one attached hydrogen (secondary N) is 2. The van der Waals surface area contributed by atoms with E-state index in [1.807, 2.05) is 17.5 Å². The molecule has 1 amide bonds. The Hall–Kier alpha value is -1.76. The number of carbonyl (C=O) groups excluding carboxylic acids is 1. The molecule has 2 heterocycles. The van der Waals surface area contributed by atoms with Crippen LogP contribution in [0, 0.1) is 0 Å². The summed E-state index contributed by atoms with van der Waals surface area (Å²) < 4.78 is 0. The number of aromatic amines is 1. The van der Waals surface area contributed by atoms with E-state index in [4.69, 9.17) is 0 Å². The van der Waals surface area contributed by atoms with Crippen LogP contribution in [0.3, 0.4) is 0 Å². The van der Waals surface area contributed by atoms with E-state index in [0.717, 1.165) is 17.7 Å². The Morgan fingerprint density at radius 1 is 1.65 bits per heavy atom. The smallest absolute Gasteiger partial charge is 0.293 e. The molecule has 2 aromatic rings. The number of H-pyrrole nitrogens is 1. The van der Waals surface area contributed by atoms with Gasteiger partial charge in [0.05, 0.1) is 6.04 Å². The minimum Gasteiger partial charge on any atom is -0.342 e. The number of nitrogens with zero attached hydrogens (tertiary/aromatic N) is 3. The molecule has 2 N–H and O–H groups in total. The molecule has 0 saturated carbocycles. The zero-order valence-electron chi connectivity index (χ0n) is 9.38. The Morgan fingerprint density at radius 2 is 2.53 bits per heavy atom. The second kappa shape index (κ2) is 5.53. The Bertz CT molecular complexity index is 453. The normalized spacial score (nSPS) is 12.3. The molecule has 6 nitrogen and oxygen atoms in total. The molecule has 2 rings (SSSR count). The summed E-state index contributed by atoms with van der Waals surface area (Å²) in [5.41, 5.74) is 0. The highest BCUT2D eigenvalue weighted by Gasteiger charge is 2.18. The quantitative estimate of drug-likeness (QED) is 0.844. The first-order valence-corrected chi connectivity index (χ1v) is 6.27. The molecule has 0 aliphatic rings. The molecule has 90 valence electrons. The first-order chi connectivity index (χ1) is 8.31. The van der Waals surface area contributed by atoms with Crippen molar-refractivity contribution in [1.82, 2.24) is 25.9 Å². The number of tetrazole rings is 1. The number of rotatable bonds is 5. The lowest BCUT2D eigenvalue weighted by Crippen LogP contribution is -2.28. The molecule has 0 spiro atoms. The number of hydrogen-bond donors (Lipinski definition) is 2. The standard InChI is InChI=1S/C10H13N5OS/c1-2-4-7(8-5-3-6-17-8)11-10(16)9-12-14-15-13-9/h3,5-7H,2,4H2,1H3,(H,11,16)(H,12,13,14,15). The number of amides is 1. The predicted molar refractivity (Wildman–Crippen MR) is 63.6 cm³/mol. The summed E-state index contributed by atoms with van der Waals surface area (Å²) in [4.78, 5) is 12.9. The lowest BCUT2D eigenvalue weighted by Gasteiger charge is -2.15. The van der Waals surface area contributed by atoms with Gasteiger partial charge in [-0.3, -0.25) is 4.79 Å². The number of hydrogen-bond acceptors (Lipinski definition) is 5. The van der Waals surface area contributed by atoms with Crippen LogP contribution in [0.4, 0.5) is 0 Å². The molecule has 0 saturated heterocycles. The van der Waals surface area contributed by atoms with Crippen LogP contribution < -0.4 is 5.32 Å². The molecular weight excluding hydrogens is 238 g/mol. The summed E-state index contributed by atoms with van der Waals surface area (Å²) >= 11 is 1.63. The Kier molecular flexibility index (Phi) is 3.81. The van der Waals surface area contributed by atoms with Gasteiger partial charge in [0.2, 0.25) is 0 Å². The molecule has 7 heteroatoms. The van der Waals surface area contributed by atoms with Crippen LogP contribution in [0.1, 0.15) is 41.3 Å². The Morgan fingerprint density at radius 3 is 3.12 bits per heavy atom. The summed E-state index contributed by atoms with van der Waals surface area (Å²) in [6.07, 6.45) is 1.89. The molecule has 0 aromatic carbocycles. The fourth-order valence-electron chi connectivity index (χ4n) is 1.54. The topological polar surface area (TPSA) is 83.6 Å². The maximum atomic E-state index is 11.8. The second-order valence-electron chi connectivity index (χ2n) is 3.57. The molecule has 1 atom stereocenters. The van der Waals surface area contributed by atoms with Gasteiger partial charge in [-0.1, -0.05) is 19.4 Å². The van der Waals surface area contributed by atoms with Crippen molar-refractivity contribution in [3.63, 3.8) is 0 Å². The van der Waals surface area contributed by atoms with Crippen LogP contribution in [0.25, 0.3) is 0 Å². The van der Waals surface area contributed by atoms with Crippen molar-refractivity contribution >= 4 is 17.2 Å². The maximum Gasteiger partial charge on any atom is 0.293 e. The average Bonchev–Trinajstić information content (AvgIpc) is 3.01. The van der Waals surface area contributed by atoms with Crippen LogP contribution in [0.5, 0.6) is 0 Å². The van der Waals surface area contributed by atoms with Crippen molar-refractivity contribution in [2.75, 3.05) is 0 Å². The number of carbonyl (C=O) groups is 1. The largest absolute Gasteiger partial charge is 0.342 e. The SMILES string of the molecule is CCCC(NC(=O)c1nn[nH]n1)c1cccs1. The van der Waals surface area contributed by atoms with E-state index >= 15 is 0 Å². The second-order valence-corrected chi connectivity index (χ2v) is 4.54. The van der Waals surface area contributed by atoms with Gasteiger partial charge in [0.15, 0.2) is 0 Å². The summed E-state index contributed by atoms with van der Waals surface area (Å²) in [5, 5.41) is 17.8. The van der Waals surface area contributed by atoms with Gasteiger partial charge in [-0.25, -0.2) is 0 Å². The highest BCUT2D eigenvalue weighted by molar-refractivity contribution is 7.10. The van der Waals surface area contributed by atoms with Crippen molar-refractivity contribution < 1.29 is 4.79 Å². The molecule has 0 fully saturated rings. The first kappa shape index (κ1) is 11.7. The van der Waals surface area contributed by atoms with Gasteiger partial charge in [-0.15, -0.1) is 21.5 Å². The molecule has 0 aliphatic heterocycles. The lowest BCUT2D eigenvalue weighted by atomic mass is 10.1. The van der Waals surface area contributed by atoms with Gasteiger partial charge >= 0.3 is 0 Å². The fourth-order valence-corrected chi connectivity index (χ4v) is 2.36. The zero-order chi connectivity index (χ0) is 12.1. The molecule has 2 aromatic heterocycles. The number of thiophene rings is 1. The third-order valence-electron chi connectivity index (χ3n) is 2.32. The third-order valence-corrected chi connectivity index (χ3v) is 3.30. The van der Waals surface area contributed by atoms with Crippen molar-refractivity contribution in [2.24, 2.45) is 0 Å². The van der Waals surface area contributed by atoms with E-state index in [1.165, 1.54) is 0 Å². The summed E-state index contributed by atoms with van der Waals surface area (Å²) in [5.74, 6) is -0.228. The average molecular weight is 251 g/mol. The minimum absolute atomic E-state index is 0.0194. The lowest BCUT2D eigenvalue weighted by molar-refractivity contribution is 0.0924. The molecule has 0 aliphatic carbocycles. The highest BCUT2D eigenvalue weighted by Crippen LogP contribution is 2.23. The summed E-state index contributed by atoms with van der Waals surface area (Å²) in [6, 6.07) is 4.01. The maximum absolute atomic E-state index is 11.8. The first-order valence-electron chi connectivity index (χ1n) is 5.39. The predicted octanol–water partition coefficient (Wildman–Crippen LogP) is 1.53. The van der Waals surface area contributed by atoms with Crippen molar-refractivity contribution in [1.29, 1.82) is 0 Å². The Balaban J connectivity index is 2.06. The van der Waals surface area contributed by atoms with Crippen molar-refractivity contribution in [3.05, 3.63) is 28.2 Å². The summed E-state index contributed by atoms with van der Waals surface area (Å²) in [6.45, 7) is 2.08. The van der Waals surface area contributed by atoms with Crippen LogP contribution in [-0.4, -0.2) is 26.5 Å². The molecule has 17 heavy (non-hydrogen) atoms. The van der Waals surface area contributed by atoms with E-state index in [1.54, 1.807) is 11.3 Å². The van der Waals surface area contributed by atoms with Gasteiger partial charge < -0.3 is 5.32 Å². The monoisotopic (exact) mass is 251 g/mol. The van der Waals surface area contributed by atoms with Gasteiger partial charge in [-0.05, 0) is 23.1 Å². The summed E-state index contributed by atoms with van der Waals surface area (Å²) in [7, 11) is 0. The van der Waals surface area contributed by atoms with E-state index in [2.05, 4.69) is 32.9 Å². The van der Waals surface area contributed by atoms with E-state index < -0.39 is 0 Å². The minimum atomic E-state index is -0.300. The number of aromatic nitrogens is 4. The van der Waals surface area contributed by atoms with Crippen molar-refractivity contribution in [2.45, 2.75) is 25.8 Å². The van der Waals surface area contributed by atoms with E-state index in [-0.39, 0.29) is 17.8 Å². The van der Waals surface area contributed by atoms with Crippen LogP contribution in [0.2, 0.25) is 0 Å². The van der Waals surface area contributed by atoms with Crippen LogP contribution >= 0.6 is 11.3 Å². The molecule has 0 bridgehead atoms. The van der Waals surface area contributed by atoms with Gasteiger partial charge in [0.1, 0.15) is 0 Å². The fraction of sp³-hybridized carbons (Fsp3) is 0.400.